The smallest absolute Gasteiger partial charge is 0.127 e. The second kappa shape index (κ2) is 5.56. The highest BCUT2D eigenvalue weighted by Crippen LogP contribution is 2.19. The molecule has 0 saturated heterocycles. The lowest BCUT2D eigenvalue weighted by molar-refractivity contribution is 0.0901. The van der Waals surface area contributed by atoms with Gasteiger partial charge in [0.05, 0.1) is 6.10 Å². The van der Waals surface area contributed by atoms with E-state index in [1.807, 2.05) is 0 Å². The van der Waals surface area contributed by atoms with E-state index in [1.54, 1.807) is 0 Å². The summed E-state index contributed by atoms with van der Waals surface area (Å²) in [6.45, 7) is 0.255. The lowest BCUT2D eigenvalue weighted by Gasteiger charge is -2.28. The van der Waals surface area contributed by atoms with E-state index >= 15 is 0 Å². The predicted octanol–water partition coefficient (Wildman–Crippen LogP) is 2.36. The number of rotatable bonds is 3. The van der Waals surface area contributed by atoms with Crippen molar-refractivity contribution in [3.05, 3.63) is 35.4 Å². The van der Waals surface area contributed by atoms with Crippen LogP contribution in [0.25, 0.3) is 0 Å². The van der Waals surface area contributed by atoms with E-state index in [2.05, 4.69) is 5.32 Å². The van der Waals surface area contributed by atoms with Crippen LogP contribution in [0.3, 0.4) is 0 Å². The summed E-state index contributed by atoms with van der Waals surface area (Å²) in [5.41, 5.74) is 0.308. The minimum Gasteiger partial charge on any atom is -0.392 e. The lowest BCUT2D eigenvalue weighted by atomic mass is 9.92. The van der Waals surface area contributed by atoms with Crippen molar-refractivity contribution in [3.8, 4) is 0 Å². The van der Waals surface area contributed by atoms with Crippen molar-refractivity contribution < 1.29 is 13.9 Å². The van der Waals surface area contributed by atoms with Crippen LogP contribution in [0, 0.1) is 11.6 Å². The third kappa shape index (κ3) is 3.23. The molecule has 1 fully saturated rings. The minimum atomic E-state index is -0.438. The fourth-order valence-electron chi connectivity index (χ4n) is 2.27. The first-order chi connectivity index (χ1) is 8.16. The summed E-state index contributed by atoms with van der Waals surface area (Å²) < 4.78 is 26.3. The molecule has 0 spiro atoms. The second-order valence-electron chi connectivity index (χ2n) is 4.57. The van der Waals surface area contributed by atoms with E-state index in [4.69, 9.17) is 0 Å². The van der Waals surface area contributed by atoms with Crippen LogP contribution in [0.1, 0.15) is 31.2 Å². The highest BCUT2D eigenvalue weighted by atomic mass is 19.1. The average molecular weight is 241 g/mol. The minimum absolute atomic E-state index is 0.00795. The highest BCUT2D eigenvalue weighted by Gasteiger charge is 2.22. The molecule has 1 aromatic carbocycles. The summed E-state index contributed by atoms with van der Waals surface area (Å²) in [5.74, 6) is -0.850. The van der Waals surface area contributed by atoms with Crippen molar-refractivity contribution in [2.24, 2.45) is 0 Å². The standard InChI is InChI=1S/C13H17F2NO/c14-10-5-6-11(15)9(7-10)8-16-12-3-1-2-4-13(12)17/h5-7,12-13,16-17H,1-4,8H2. The van der Waals surface area contributed by atoms with Gasteiger partial charge in [0.2, 0.25) is 0 Å². The number of nitrogens with one attached hydrogen (secondary N) is 1. The summed E-state index contributed by atoms with van der Waals surface area (Å²) in [7, 11) is 0. The van der Waals surface area contributed by atoms with E-state index in [1.165, 1.54) is 6.07 Å². The van der Waals surface area contributed by atoms with Gasteiger partial charge in [0, 0.05) is 18.2 Å². The first-order valence-electron chi connectivity index (χ1n) is 6.02. The van der Waals surface area contributed by atoms with Crippen molar-refractivity contribution >= 4 is 0 Å². The molecule has 17 heavy (non-hydrogen) atoms. The maximum Gasteiger partial charge on any atom is 0.127 e. The van der Waals surface area contributed by atoms with Crippen molar-refractivity contribution in [2.75, 3.05) is 0 Å². The van der Waals surface area contributed by atoms with Crippen LogP contribution >= 0.6 is 0 Å². The monoisotopic (exact) mass is 241 g/mol. The quantitative estimate of drug-likeness (QED) is 0.851. The zero-order chi connectivity index (χ0) is 12.3. The number of benzene rings is 1. The fraction of sp³-hybridized carbons (Fsp3) is 0.538. The van der Waals surface area contributed by atoms with Gasteiger partial charge in [0.1, 0.15) is 11.6 Å². The summed E-state index contributed by atoms with van der Waals surface area (Å²) in [6.07, 6.45) is 3.40. The summed E-state index contributed by atoms with van der Waals surface area (Å²) in [5, 5.41) is 12.8. The van der Waals surface area contributed by atoms with Crippen molar-refractivity contribution in [1.29, 1.82) is 0 Å². The van der Waals surface area contributed by atoms with Crippen molar-refractivity contribution in [2.45, 2.75) is 44.4 Å². The molecule has 2 unspecified atom stereocenters. The molecule has 0 amide bonds. The number of hydrogen-bond acceptors (Lipinski definition) is 2. The summed E-state index contributed by atoms with van der Waals surface area (Å²) in [6, 6.07) is 3.42. The van der Waals surface area contributed by atoms with Crippen LogP contribution in [0.15, 0.2) is 18.2 Å². The zero-order valence-corrected chi connectivity index (χ0v) is 9.63. The molecule has 2 nitrogen and oxygen atoms in total. The normalized spacial score (nSPS) is 24.9. The molecule has 2 atom stereocenters. The van der Waals surface area contributed by atoms with Gasteiger partial charge < -0.3 is 10.4 Å². The second-order valence-corrected chi connectivity index (χ2v) is 4.57. The van der Waals surface area contributed by atoms with Crippen LogP contribution in [-0.2, 0) is 6.54 Å². The van der Waals surface area contributed by atoms with E-state index in [0.717, 1.165) is 37.8 Å². The Hall–Kier alpha value is -1.00. The third-order valence-corrected chi connectivity index (χ3v) is 3.29. The molecule has 0 aliphatic heterocycles. The molecule has 0 radical (unpaired) electrons. The van der Waals surface area contributed by atoms with Crippen LogP contribution < -0.4 is 5.32 Å². The van der Waals surface area contributed by atoms with Crippen LogP contribution in [0.5, 0.6) is 0 Å². The Morgan fingerprint density at radius 2 is 2.00 bits per heavy atom. The van der Waals surface area contributed by atoms with Crippen molar-refractivity contribution in [3.63, 3.8) is 0 Å². The first kappa shape index (κ1) is 12.5. The Kier molecular flexibility index (Phi) is 4.07. The molecule has 1 aromatic rings. The van der Waals surface area contributed by atoms with Crippen molar-refractivity contribution in [1.82, 2.24) is 5.32 Å². The molecule has 2 N–H and O–H groups in total. The SMILES string of the molecule is OC1CCCCC1NCc1cc(F)ccc1F. The summed E-state index contributed by atoms with van der Waals surface area (Å²) >= 11 is 0. The van der Waals surface area contributed by atoms with Gasteiger partial charge in [-0.25, -0.2) is 8.78 Å². The molecule has 1 aliphatic carbocycles. The van der Waals surface area contributed by atoms with Crippen LogP contribution in [0.2, 0.25) is 0 Å². The van der Waals surface area contributed by atoms with E-state index in [-0.39, 0.29) is 18.7 Å². The Bertz CT molecular complexity index is 384. The first-order valence-corrected chi connectivity index (χ1v) is 6.02. The largest absolute Gasteiger partial charge is 0.392 e. The molecule has 0 aromatic heterocycles. The maximum absolute atomic E-state index is 13.4. The van der Waals surface area contributed by atoms with Gasteiger partial charge >= 0.3 is 0 Å². The fourth-order valence-corrected chi connectivity index (χ4v) is 2.27. The molecule has 4 heteroatoms. The Morgan fingerprint density at radius 3 is 2.76 bits per heavy atom. The molecule has 0 heterocycles. The molecule has 1 saturated carbocycles. The Labute approximate surface area is 99.7 Å². The Balaban J connectivity index is 1.94. The van der Waals surface area contributed by atoms with Gasteiger partial charge in [-0.05, 0) is 31.0 Å². The van der Waals surface area contributed by atoms with Gasteiger partial charge in [-0.1, -0.05) is 12.8 Å². The highest BCUT2D eigenvalue weighted by molar-refractivity contribution is 5.18. The van der Waals surface area contributed by atoms with Crippen LogP contribution in [0.4, 0.5) is 8.78 Å². The molecule has 2 rings (SSSR count). The molecule has 0 bridgehead atoms. The van der Waals surface area contributed by atoms with Crippen LogP contribution in [-0.4, -0.2) is 17.3 Å². The van der Waals surface area contributed by atoms with Gasteiger partial charge in [0.15, 0.2) is 0 Å². The zero-order valence-electron chi connectivity index (χ0n) is 9.63. The topological polar surface area (TPSA) is 32.3 Å². The molecular weight excluding hydrogens is 224 g/mol. The molecule has 1 aliphatic rings. The summed E-state index contributed by atoms with van der Waals surface area (Å²) in [4.78, 5) is 0. The third-order valence-electron chi connectivity index (χ3n) is 3.29. The lowest BCUT2D eigenvalue weighted by Crippen LogP contribution is -2.41. The molecular formula is C13H17F2NO. The van der Waals surface area contributed by atoms with Gasteiger partial charge in [-0.2, -0.15) is 0 Å². The molecule has 94 valence electrons. The van der Waals surface area contributed by atoms with E-state index in [9.17, 15) is 13.9 Å². The van der Waals surface area contributed by atoms with Gasteiger partial charge in [-0.3, -0.25) is 0 Å². The Morgan fingerprint density at radius 1 is 1.24 bits per heavy atom. The van der Waals surface area contributed by atoms with E-state index in [0.29, 0.717) is 5.56 Å². The number of aliphatic hydroxyl groups is 1. The van der Waals surface area contributed by atoms with Gasteiger partial charge in [0.25, 0.3) is 0 Å². The predicted molar refractivity (Wildman–Crippen MR) is 61.5 cm³/mol. The maximum atomic E-state index is 13.4. The number of aliphatic hydroxyl groups excluding tert-OH is 1. The van der Waals surface area contributed by atoms with Gasteiger partial charge in [-0.15, -0.1) is 0 Å². The number of halogens is 2. The average Bonchev–Trinajstić information content (AvgIpc) is 2.32. The number of hydrogen-bond donors (Lipinski definition) is 2. The van der Waals surface area contributed by atoms with E-state index < -0.39 is 11.6 Å².